The molecule has 1 atom stereocenters. The van der Waals surface area contributed by atoms with E-state index in [9.17, 15) is 30.7 Å². The van der Waals surface area contributed by atoms with E-state index in [2.05, 4.69) is 16.0 Å². The zero-order valence-corrected chi connectivity index (χ0v) is 22.1. The van der Waals surface area contributed by atoms with Crippen LogP contribution >= 0.6 is 0 Å². The number of fused-ring (bicyclic) bond motifs is 1. The zero-order valence-electron chi connectivity index (χ0n) is 22.1. The number of alkyl halides is 6. The second-order valence-corrected chi connectivity index (χ2v) is 9.24. The molecule has 0 aliphatic carbocycles. The number of carboxylic acids is 2. The van der Waals surface area contributed by atoms with Gasteiger partial charge < -0.3 is 10.2 Å². The van der Waals surface area contributed by atoms with Crippen LogP contribution in [0.4, 0.5) is 30.7 Å². The van der Waals surface area contributed by atoms with Crippen LogP contribution in [0, 0.1) is 5.82 Å². The SMILES string of the molecule is Fc1ccc(CN2CCCC(c3nc4ccc(-c5cccnc5)cn4n3)C2)cc1.O=C(O)C(F)(F)F.O=C(O)C(F)(F)F. The molecule has 1 fully saturated rings. The Hall–Kier alpha value is -4.60. The number of rotatable bonds is 4. The Morgan fingerprint density at radius 2 is 1.53 bits per heavy atom. The van der Waals surface area contributed by atoms with E-state index in [0.717, 1.165) is 60.6 Å². The molecule has 0 spiro atoms. The van der Waals surface area contributed by atoms with Crippen LogP contribution in [0.15, 0.2) is 67.1 Å². The Kier molecular flexibility index (Phi) is 10.7. The van der Waals surface area contributed by atoms with Crippen LogP contribution in [0.5, 0.6) is 0 Å². The summed E-state index contributed by atoms with van der Waals surface area (Å²) in [5, 5.41) is 19.0. The molecule has 16 heteroatoms. The molecule has 1 aliphatic rings. The maximum Gasteiger partial charge on any atom is 0.490 e. The number of likely N-dealkylation sites (tertiary alicyclic amines) is 1. The molecule has 43 heavy (non-hydrogen) atoms. The fraction of sp³-hybridized carbons (Fsp3) is 0.296. The zero-order chi connectivity index (χ0) is 31.8. The second kappa shape index (κ2) is 14.0. The number of hydrogen-bond acceptors (Lipinski definition) is 6. The molecular formula is C27H24F7N5O4. The van der Waals surface area contributed by atoms with Crippen molar-refractivity contribution in [3.05, 3.63) is 84.3 Å². The number of aromatic nitrogens is 4. The summed E-state index contributed by atoms with van der Waals surface area (Å²) in [7, 11) is 0. The monoisotopic (exact) mass is 615 g/mol. The Morgan fingerprint density at radius 3 is 2.09 bits per heavy atom. The van der Waals surface area contributed by atoms with Gasteiger partial charge in [-0.1, -0.05) is 18.2 Å². The number of nitrogens with zero attached hydrogens (tertiary/aromatic N) is 5. The van der Waals surface area contributed by atoms with Gasteiger partial charge in [0.25, 0.3) is 0 Å². The summed E-state index contributed by atoms with van der Waals surface area (Å²) in [4.78, 5) is 29.2. The molecule has 1 aliphatic heterocycles. The van der Waals surface area contributed by atoms with Crippen LogP contribution in [-0.2, 0) is 16.1 Å². The molecule has 1 saturated heterocycles. The van der Waals surface area contributed by atoms with Gasteiger partial charge in [0.15, 0.2) is 11.5 Å². The number of aliphatic carboxylic acids is 2. The van der Waals surface area contributed by atoms with Crippen molar-refractivity contribution in [3.8, 4) is 11.1 Å². The molecule has 0 saturated carbocycles. The molecule has 0 amide bonds. The van der Waals surface area contributed by atoms with E-state index in [1.165, 1.54) is 12.1 Å². The maximum atomic E-state index is 13.2. The quantitative estimate of drug-likeness (QED) is 0.286. The molecule has 2 N–H and O–H groups in total. The summed E-state index contributed by atoms with van der Waals surface area (Å²) in [5.41, 5.74) is 4.14. The van der Waals surface area contributed by atoms with Gasteiger partial charge in [-0.05, 0) is 55.3 Å². The highest BCUT2D eigenvalue weighted by molar-refractivity contribution is 5.73. The first-order chi connectivity index (χ1) is 20.1. The normalized spacial score (nSPS) is 15.6. The molecule has 3 aromatic heterocycles. The number of benzene rings is 1. The predicted molar refractivity (Wildman–Crippen MR) is 137 cm³/mol. The summed E-state index contributed by atoms with van der Waals surface area (Å²) in [6.07, 6.45) is -2.32. The van der Waals surface area contributed by atoms with E-state index >= 15 is 0 Å². The summed E-state index contributed by atoms with van der Waals surface area (Å²) >= 11 is 0. The number of carboxylic acid groups (broad SMARTS) is 2. The van der Waals surface area contributed by atoms with Gasteiger partial charge in [0, 0.05) is 48.7 Å². The highest BCUT2D eigenvalue weighted by Gasteiger charge is 2.38. The minimum atomic E-state index is -5.08. The van der Waals surface area contributed by atoms with Crippen LogP contribution in [0.1, 0.15) is 30.1 Å². The van der Waals surface area contributed by atoms with Gasteiger partial charge in [-0.15, -0.1) is 0 Å². The smallest absolute Gasteiger partial charge is 0.475 e. The topological polar surface area (TPSA) is 121 Å². The van der Waals surface area contributed by atoms with Crippen molar-refractivity contribution >= 4 is 17.6 Å². The van der Waals surface area contributed by atoms with Crippen molar-refractivity contribution in [3.63, 3.8) is 0 Å². The van der Waals surface area contributed by atoms with Crippen LogP contribution in [0.2, 0.25) is 0 Å². The standard InChI is InChI=1S/C23H22FN5.2C2HF3O2/c24-21-8-5-17(6-9-21)14-28-12-2-4-20(15-28)23-26-22-10-7-19(16-29(22)27-23)18-3-1-11-25-13-18;2*3-2(4,5)1(6)7/h1,3,5-11,13,16,20H,2,4,12,14-15H2;2*(H,6,7). The third kappa shape index (κ3) is 10.0. The van der Waals surface area contributed by atoms with E-state index in [-0.39, 0.29) is 5.82 Å². The molecule has 4 aromatic rings. The first-order valence-corrected chi connectivity index (χ1v) is 12.5. The molecule has 5 rings (SSSR count). The average molecular weight is 616 g/mol. The van der Waals surface area contributed by atoms with Crippen LogP contribution in [0.25, 0.3) is 16.8 Å². The molecule has 0 radical (unpaired) electrons. The molecule has 0 bridgehead atoms. The minimum Gasteiger partial charge on any atom is -0.475 e. The number of hydrogen-bond donors (Lipinski definition) is 2. The molecule has 1 aromatic carbocycles. The second-order valence-electron chi connectivity index (χ2n) is 9.24. The van der Waals surface area contributed by atoms with Gasteiger partial charge in [-0.25, -0.2) is 23.5 Å². The summed E-state index contributed by atoms with van der Waals surface area (Å²) in [6.45, 7) is 2.80. The highest BCUT2D eigenvalue weighted by Crippen LogP contribution is 2.27. The van der Waals surface area contributed by atoms with Crippen molar-refractivity contribution in [2.75, 3.05) is 13.1 Å². The van der Waals surface area contributed by atoms with E-state index in [1.807, 2.05) is 47.2 Å². The van der Waals surface area contributed by atoms with E-state index in [4.69, 9.17) is 29.9 Å². The average Bonchev–Trinajstić information content (AvgIpc) is 3.38. The van der Waals surface area contributed by atoms with E-state index in [0.29, 0.717) is 5.92 Å². The number of halogens is 7. The first-order valence-electron chi connectivity index (χ1n) is 12.5. The summed E-state index contributed by atoms with van der Waals surface area (Å²) in [5.74, 6) is -4.49. The van der Waals surface area contributed by atoms with Crippen molar-refractivity contribution in [2.45, 2.75) is 37.7 Å². The maximum absolute atomic E-state index is 13.2. The van der Waals surface area contributed by atoms with Gasteiger partial charge in [0.05, 0.1) is 0 Å². The minimum absolute atomic E-state index is 0.190. The van der Waals surface area contributed by atoms with Crippen molar-refractivity contribution < 1.29 is 50.5 Å². The van der Waals surface area contributed by atoms with Crippen molar-refractivity contribution in [1.82, 2.24) is 24.5 Å². The summed E-state index contributed by atoms with van der Waals surface area (Å²) in [6, 6.07) is 14.8. The van der Waals surface area contributed by atoms with Crippen molar-refractivity contribution in [2.24, 2.45) is 0 Å². The third-order valence-electron chi connectivity index (χ3n) is 6.02. The molecule has 4 heterocycles. The van der Waals surface area contributed by atoms with Gasteiger partial charge >= 0.3 is 24.3 Å². The molecular weight excluding hydrogens is 591 g/mol. The van der Waals surface area contributed by atoms with E-state index in [1.54, 1.807) is 6.20 Å². The lowest BCUT2D eigenvalue weighted by Gasteiger charge is -2.31. The van der Waals surface area contributed by atoms with Gasteiger partial charge in [0.1, 0.15) is 5.82 Å². The lowest BCUT2D eigenvalue weighted by Crippen LogP contribution is -2.34. The third-order valence-corrected chi connectivity index (χ3v) is 6.02. The van der Waals surface area contributed by atoms with Crippen LogP contribution < -0.4 is 0 Å². The van der Waals surface area contributed by atoms with Gasteiger partial charge in [0.2, 0.25) is 0 Å². The van der Waals surface area contributed by atoms with Crippen molar-refractivity contribution in [1.29, 1.82) is 0 Å². The Bertz CT molecular complexity index is 1490. The van der Waals surface area contributed by atoms with Gasteiger partial charge in [-0.3, -0.25) is 9.88 Å². The fourth-order valence-electron chi connectivity index (χ4n) is 4.04. The Labute approximate surface area is 239 Å². The van der Waals surface area contributed by atoms with Gasteiger partial charge in [-0.2, -0.15) is 31.4 Å². The fourth-order valence-corrected chi connectivity index (χ4v) is 4.04. The van der Waals surface area contributed by atoms with E-state index < -0.39 is 24.3 Å². The number of carbonyl (C=O) groups is 2. The summed E-state index contributed by atoms with van der Waals surface area (Å²) < 4.78 is 78.5. The molecule has 1 unspecified atom stereocenters. The largest absolute Gasteiger partial charge is 0.490 e. The molecule has 9 nitrogen and oxygen atoms in total. The lowest BCUT2D eigenvalue weighted by atomic mass is 9.97. The number of pyridine rings is 2. The number of piperidine rings is 1. The lowest BCUT2D eigenvalue weighted by molar-refractivity contribution is -0.193. The van der Waals surface area contributed by atoms with Crippen LogP contribution in [0.3, 0.4) is 0 Å². The highest BCUT2D eigenvalue weighted by atomic mass is 19.4. The predicted octanol–water partition coefficient (Wildman–Crippen LogP) is 5.58. The first kappa shape index (κ1) is 32.9. The molecule has 230 valence electrons. The Morgan fingerprint density at radius 1 is 0.907 bits per heavy atom. The Balaban J connectivity index is 0.000000303. The van der Waals surface area contributed by atoms with Crippen LogP contribution in [-0.4, -0.2) is 72.1 Å².